The zero-order chi connectivity index (χ0) is 15.8. The van der Waals surface area contributed by atoms with E-state index in [0.29, 0.717) is 18.3 Å². The Hall–Kier alpha value is -0.510. The number of thiocarbonyl (C=S) groups is 1. The van der Waals surface area contributed by atoms with E-state index in [1.165, 1.54) is 0 Å². The second-order valence-electron chi connectivity index (χ2n) is 7.08. The molecule has 7 nitrogen and oxygen atoms in total. The van der Waals surface area contributed by atoms with Gasteiger partial charge in [-0.25, -0.2) is 0 Å². The van der Waals surface area contributed by atoms with E-state index in [-0.39, 0.29) is 18.8 Å². The molecule has 1 N–H and O–H groups in total. The minimum absolute atomic E-state index is 0.240. The molecule has 0 aromatic rings. The van der Waals surface area contributed by atoms with Crippen LogP contribution in [0.4, 0.5) is 0 Å². The van der Waals surface area contributed by atoms with Crippen LogP contribution in [-0.2, 0) is 28.4 Å². The van der Waals surface area contributed by atoms with Gasteiger partial charge in [0.05, 0.1) is 13.2 Å². The predicted molar refractivity (Wildman–Crippen MR) is 78.0 cm³/mol. The number of fused-ring (bicyclic) bond motifs is 3. The molecule has 4 fully saturated rings. The first-order chi connectivity index (χ1) is 10.2. The third-order valence-electron chi connectivity index (χ3n) is 4.56. The lowest BCUT2D eigenvalue weighted by Gasteiger charge is -2.49. The fraction of sp³-hybridized carbons (Fsp3) is 0.929. The number of hydrogen-bond donors (Lipinski definition) is 1. The van der Waals surface area contributed by atoms with Crippen LogP contribution in [0, 0.1) is 0 Å². The lowest BCUT2D eigenvalue weighted by atomic mass is 9.82. The molecule has 8 heteroatoms. The van der Waals surface area contributed by atoms with Gasteiger partial charge in [0.15, 0.2) is 11.6 Å². The van der Waals surface area contributed by atoms with E-state index >= 15 is 0 Å². The molecule has 0 saturated carbocycles. The predicted octanol–water partition coefficient (Wildman–Crippen LogP) is 0.659. The van der Waals surface area contributed by atoms with Crippen LogP contribution in [0.3, 0.4) is 0 Å². The molecule has 0 aliphatic carbocycles. The second-order valence-corrected chi connectivity index (χ2v) is 7.45. The first-order valence-corrected chi connectivity index (χ1v) is 7.89. The summed E-state index contributed by atoms with van der Waals surface area (Å²) in [5.41, 5.74) is -0.936. The Kier molecular flexibility index (Phi) is 2.95. The minimum atomic E-state index is -1.07. The summed E-state index contributed by atoms with van der Waals surface area (Å²) in [4.78, 5) is 0. The van der Waals surface area contributed by atoms with Gasteiger partial charge in [0, 0.05) is 0 Å². The Morgan fingerprint density at radius 2 is 1.86 bits per heavy atom. The third-order valence-corrected chi connectivity index (χ3v) is 4.79. The molecule has 4 atom stereocenters. The number of ether oxygens (including phenoxy) is 6. The number of rotatable bonds is 0. The van der Waals surface area contributed by atoms with Crippen LogP contribution in [0.5, 0.6) is 0 Å². The Morgan fingerprint density at radius 3 is 2.45 bits per heavy atom. The molecule has 4 heterocycles. The van der Waals surface area contributed by atoms with Crippen molar-refractivity contribution in [2.45, 2.75) is 62.9 Å². The quantitative estimate of drug-likeness (QED) is 0.650. The third kappa shape index (κ3) is 1.95. The average Bonchev–Trinajstić information content (AvgIpc) is 3.02. The topological polar surface area (TPSA) is 67.4 Å². The summed E-state index contributed by atoms with van der Waals surface area (Å²) >= 11 is 5.18. The van der Waals surface area contributed by atoms with Crippen LogP contribution in [0.2, 0.25) is 0 Å². The summed E-state index contributed by atoms with van der Waals surface area (Å²) in [6, 6.07) is 0. The maximum Gasteiger partial charge on any atom is 0.257 e. The molecule has 0 aromatic heterocycles. The summed E-state index contributed by atoms with van der Waals surface area (Å²) in [7, 11) is 0. The van der Waals surface area contributed by atoms with Crippen molar-refractivity contribution in [2.24, 2.45) is 0 Å². The van der Waals surface area contributed by atoms with E-state index in [0.717, 1.165) is 0 Å². The van der Waals surface area contributed by atoms with Gasteiger partial charge in [0.25, 0.3) is 5.17 Å². The second kappa shape index (κ2) is 4.31. The van der Waals surface area contributed by atoms with Crippen molar-refractivity contribution in [2.75, 3.05) is 19.8 Å². The molecule has 0 radical (unpaired) electrons. The standard InChI is InChI=1S/C14H21NO6S/c1-11(2)17-7-14(21-11)13(6-15-10(22)20-13)9-8(5-16-14)18-12(3,4)19-9/h8-9H,5-7H2,1-4H3,(H,15,22)/t8-,9?,13?,14+/m1/s1. The summed E-state index contributed by atoms with van der Waals surface area (Å²) in [6.07, 6.45) is -0.600. The van der Waals surface area contributed by atoms with Crippen LogP contribution >= 0.6 is 12.2 Å². The van der Waals surface area contributed by atoms with Gasteiger partial charge in [-0.1, -0.05) is 0 Å². The minimum Gasteiger partial charge on any atom is -0.454 e. The average molecular weight is 331 g/mol. The molecular formula is C14H21NO6S. The molecule has 4 rings (SSSR count). The number of hydrogen-bond acceptors (Lipinski definition) is 7. The van der Waals surface area contributed by atoms with Crippen molar-refractivity contribution in [3.63, 3.8) is 0 Å². The molecule has 0 amide bonds. The molecule has 124 valence electrons. The van der Waals surface area contributed by atoms with Gasteiger partial charge in [-0.05, 0) is 39.9 Å². The highest BCUT2D eigenvalue weighted by molar-refractivity contribution is 7.80. The summed E-state index contributed by atoms with van der Waals surface area (Å²) in [6.45, 7) is 8.47. The largest absolute Gasteiger partial charge is 0.454 e. The molecule has 2 unspecified atom stereocenters. The van der Waals surface area contributed by atoms with Crippen molar-refractivity contribution >= 4 is 17.4 Å². The van der Waals surface area contributed by atoms with Gasteiger partial charge in [0.2, 0.25) is 11.4 Å². The Balaban J connectivity index is 1.76. The van der Waals surface area contributed by atoms with Crippen molar-refractivity contribution in [1.82, 2.24) is 5.32 Å². The first kappa shape index (κ1) is 15.0. The molecule has 4 saturated heterocycles. The summed E-state index contributed by atoms with van der Waals surface area (Å²) in [5.74, 6) is -2.54. The fourth-order valence-corrected chi connectivity index (χ4v) is 3.95. The molecule has 0 aromatic carbocycles. The van der Waals surface area contributed by atoms with Gasteiger partial charge in [-0.3, -0.25) is 0 Å². The van der Waals surface area contributed by atoms with E-state index in [2.05, 4.69) is 5.32 Å². The van der Waals surface area contributed by atoms with Crippen LogP contribution in [0.25, 0.3) is 0 Å². The van der Waals surface area contributed by atoms with Gasteiger partial charge < -0.3 is 33.7 Å². The lowest BCUT2D eigenvalue weighted by molar-refractivity contribution is -0.354. The van der Waals surface area contributed by atoms with E-state index in [1.54, 1.807) is 0 Å². The fourth-order valence-electron chi connectivity index (χ4n) is 3.72. The Morgan fingerprint density at radius 1 is 1.09 bits per heavy atom. The van der Waals surface area contributed by atoms with E-state index in [9.17, 15) is 0 Å². The van der Waals surface area contributed by atoms with Crippen LogP contribution in [0.1, 0.15) is 27.7 Å². The highest BCUT2D eigenvalue weighted by Gasteiger charge is 2.74. The molecule has 0 bridgehead atoms. The van der Waals surface area contributed by atoms with Crippen LogP contribution in [-0.4, -0.2) is 60.1 Å². The van der Waals surface area contributed by atoms with Crippen molar-refractivity contribution in [3.8, 4) is 0 Å². The van der Waals surface area contributed by atoms with E-state index in [4.69, 9.17) is 40.6 Å². The monoisotopic (exact) mass is 331 g/mol. The zero-order valence-corrected chi connectivity index (χ0v) is 14.0. The molecule has 2 spiro atoms. The zero-order valence-electron chi connectivity index (χ0n) is 13.1. The summed E-state index contributed by atoms with van der Waals surface area (Å²) in [5, 5.41) is 3.37. The van der Waals surface area contributed by atoms with Gasteiger partial charge in [0.1, 0.15) is 18.8 Å². The highest BCUT2D eigenvalue weighted by Crippen LogP contribution is 2.52. The van der Waals surface area contributed by atoms with Crippen LogP contribution in [0.15, 0.2) is 0 Å². The molecular weight excluding hydrogens is 310 g/mol. The molecule has 4 aliphatic rings. The van der Waals surface area contributed by atoms with Gasteiger partial charge >= 0.3 is 0 Å². The molecule has 4 aliphatic heterocycles. The maximum absolute atomic E-state index is 6.14. The smallest absolute Gasteiger partial charge is 0.257 e. The van der Waals surface area contributed by atoms with Crippen molar-refractivity contribution < 1.29 is 28.4 Å². The number of nitrogens with one attached hydrogen (secondary N) is 1. The SMILES string of the molecule is CC1(C)OC2[C@@H](CO[C@]3(COC(C)(C)O3)C23CNC(=S)O3)O1. The normalized spacial score (nSPS) is 48.5. The van der Waals surface area contributed by atoms with Crippen molar-refractivity contribution in [3.05, 3.63) is 0 Å². The lowest BCUT2D eigenvalue weighted by Crippen LogP contribution is -2.72. The van der Waals surface area contributed by atoms with Gasteiger partial charge in [-0.2, -0.15) is 0 Å². The Labute approximate surface area is 134 Å². The Bertz CT molecular complexity index is 523. The first-order valence-electron chi connectivity index (χ1n) is 7.48. The summed E-state index contributed by atoms with van der Waals surface area (Å²) < 4.78 is 36.1. The van der Waals surface area contributed by atoms with Crippen LogP contribution < -0.4 is 5.32 Å². The maximum atomic E-state index is 6.14. The van der Waals surface area contributed by atoms with Crippen molar-refractivity contribution in [1.29, 1.82) is 0 Å². The van der Waals surface area contributed by atoms with E-state index < -0.39 is 23.0 Å². The van der Waals surface area contributed by atoms with Gasteiger partial charge in [-0.15, -0.1) is 0 Å². The molecule has 22 heavy (non-hydrogen) atoms. The highest BCUT2D eigenvalue weighted by atomic mass is 32.1. The van der Waals surface area contributed by atoms with E-state index in [1.807, 2.05) is 27.7 Å².